The SMILES string of the molecule is C#CCC(C(=O)NC)N(C)C(=O)CCCCOc1cc(C)cc(F)c1.CCCNCCc1cccc(C(F)(F)F)c1. The van der Waals surface area contributed by atoms with E-state index >= 15 is 0 Å². The Balaban J connectivity index is 0.000000452. The molecule has 2 rings (SSSR count). The predicted octanol–water partition coefficient (Wildman–Crippen LogP) is 5.53. The first-order valence-electron chi connectivity index (χ1n) is 13.6. The zero-order chi connectivity index (χ0) is 30.8. The van der Waals surface area contributed by atoms with Crippen molar-refractivity contribution in [2.45, 2.75) is 64.6 Å². The molecular weight excluding hydrogens is 538 g/mol. The first-order chi connectivity index (χ1) is 19.4. The van der Waals surface area contributed by atoms with Gasteiger partial charge in [-0.1, -0.05) is 25.1 Å². The van der Waals surface area contributed by atoms with Crippen LogP contribution in [0.1, 0.15) is 55.7 Å². The molecule has 0 aliphatic heterocycles. The number of ether oxygens (including phenoxy) is 1. The summed E-state index contributed by atoms with van der Waals surface area (Å²) < 4.78 is 55.9. The molecule has 0 aromatic heterocycles. The van der Waals surface area contributed by atoms with Crippen LogP contribution in [-0.2, 0) is 22.2 Å². The van der Waals surface area contributed by atoms with Gasteiger partial charge < -0.3 is 20.3 Å². The van der Waals surface area contributed by atoms with Gasteiger partial charge in [0.15, 0.2) is 0 Å². The van der Waals surface area contributed by atoms with Gasteiger partial charge in [-0.25, -0.2) is 4.39 Å². The van der Waals surface area contributed by atoms with Crippen molar-refractivity contribution in [1.29, 1.82) is 0 Å². The molecule has 1 atom stereocenters. The average molecular weight is 580 g/mol. The number of halogens is 4. The summed E-state index contributed by atoms with van der Waals surface area (Å²) in [5, 5.41) is 5.67. The number of carbonyl (C=O) groups is 2. The van der Waals surface area contributed by atoms with Crippen LogP contribution < -0.4 is 15.4 Å². The minimum atomic E-state index is -4.24. The largest absolute Gasteiger partial charge is 0.493 e. The van der Waals surface area contributed by atoms with Gasteiger partial charge in [-0.15, -0.1) is 12.3 Å². The summed E-state index contributed by atoms with van der Waals surface area (Å²) >= 11 is 0. The molecule has 0 aliphatic carbocycles. The van der Waals surface area contributed by atoms with Crippen molar-refractivity contribution in [3.05, 3.63) is 65.0 Å². The number of hydrogen-bond acceptors (Lipinski definition) is 4. The highest BCUT2D eigenvalue weighted by molar-refractivity contribution is 5.87. The number of hydrogen-bond donors (Lipinski definition) is 2. The smallest absolute Gasteiger partial charge is 0.416 e. The lowest BCUT2D eigenvalue weighted by Gasteiger charge is -2.25. The van der Waals surface area contributed by atoms with Crippen LogP contribution in [0.5, 0.6) is 5.75 Å². The minimum absolute atomic E-state index is 0.148. The summed E-state index contributed by atoms with van der Waals surface area (Å²) in [5.74, 6) is 2.14. The summed E-state index contributed by atoms with van der Waals surface area (Å²) in [6, 6.07) is 9.36. The molecule has 0 heterocycles. The summed E-state index contributed by atoms with van der Waals surface area (Å²) in [6.45, 7) is 5.86. The fraction of sp³-hybridized carbons (Fsp3) is 0.484. The number of amides is 2. The number of terminal acetylenes is 1. The van der Waals surface area contributed by atoms with Crippen molar-refractivity contribution in [2.24, 2.45) is 0 Å². The molecule has 1 unspecified atom stereocenters. The van der Waals surface area contributed by atoms with Crippen LogP contribution in [0.3, 0.4) is 0 Å². The van der Waals surface area contributed by atoms with Crippen molar-refractivity contribution in [3.8, 4) is 18.1 Å². The Morgan fingerprint density at radius 1 is 1.12 bits per heavy atom. The highest BCUT2D eigenvalue weighted by atomic mass is 19.4. The van der Waals surface area contributed by atoms with Gasteiger partial charge in [0, 0.05) is 33.0 Å². The topological polar surface area (TPSA) is 70.7 Å². The molecule has 0 fully saturated rings. The Morgan fingerprint density at radius 2 is 1.85 bits per heavy atom. The zero-order valence-corrected chi connectivity index (χ0v) is 24.2. The molecule has 226 valence electrons. The van der Waals surface area contributed by atoms with Crippen LogP contribution in [0.2, 0.25) is 0 Å². The van der Waals surface area contributed by atoms with Crippen LogP contribution in [0, 0.1) is 25.1 Å². The van der Waals surface area contributed by atoms with E-state index in [1.54, 1.807) is 26.1 Å². The van der Waals surface area contributed by atoms with E-state index in [4.69, 9.17) is 11.2 Å². The zero-order valence-electron chi connectivity index (χ0n) is 24.2. The molecule has 0 spiro atoms. The molecule has 0 radical (unpaired) electrons. The molecule has 2 aromatic carbocycles. The third-order valence-corrected chi connectivity index (χ3v) is 6.06. The van der Waals surface area contributed by atoms with Crippen molar-refractivity contribution < 1.29 is 31.9 Å². The number of alkyl halides is 3. The maximum Gasteiger partial charge on any atom is 0.416 e. The quantitative estimate of drug-likeness (QED) is 0.176. The molecule has 0 saturated heterocycles. The first kappa shape index (κ1) is 35.4. The van der Waals surface area contributed by atoms with Gasteiger partial charge in [0.2, 0.25) is 11.8 Å². The van der Waals surface area contributed by atoms with E-state index < -0.39 is 17.8 Å². The highest BCUT2D eigenvalue weighted by Gasteiger charge is 2.30. The highest BCUT2D eigenvalue weighted by Crippen LogP contribution is 2.29. The number of carbonyl (C=O) groups excluding carboxylic acids is 2. The standard InChI is InChI=1S/C19H25FN2O3.C12H16F3N/c1-5-8-17(19(24)21-3)22(4)18(23)9-6-7-10-25-16-12-14(2)11-15(20)13-16;1-2-7-16-8-6-10-4-3-5-11(9-10)12(13,14)15/h1,11-13,17H,6-10H2,2-4H3,(H,21,24);3-5,9,16H,2,6-8H2,1H3. The molecule has 41 heavy (non-hydrogen) atoms. The van der Waals surface area contributed by atoms with Gasteiger partial charge in [0.1, 0.15) is 17.6 Å². The third kappa shape index (κ3) is 14.0. The minimum Gasteiger partial charge on any atom is -0.493 e. The number of likely N-dealkylation sites (N-methyl/N-ethyl adjacent to an activating group) is 2. The van der Waals surface area contributed by atoms with Gasteiger partial charge in [-0.05, 0) is 75.0 Å². The fourth-order valence-corrected chi connectivity index (χ4v) is 3.83. The van der Waals surface area contributed by atoms with Crippen LogP contribution in [0.25, 0.3) is 0 Å². The molecule has 2 aromatic rings. The van der Waals surface area contributed by atoms with E-state index in [9.17, 15) is 27.2 Å². The van der Waals surface area contributed by atoms with Gasteiger partial charge in [0.05, 0.1) is 12.2 Å². The first-order valence-corrected chi connectivity index (χ1v) is 13.6. The number of benzene rings is 2. The molecule has 0 bridgehead atoms. The molecule has 2 N–H and O–H groups in total. The van der Waals surface area contributed by atoms with E-state index in [1.807, 2.05) is 0 Å². The Labute approximate surface area is 240 Å². The van der Waals surface area contributed by atoms with Crippen molar-refractivity contribution in [3.63, 3.8) is 0 Å². The maximum atomic E-state index is 13.3. The maximum absolute atomic E-state index is 13.3. The Morgan fingerprint density at radius 3 is 2.46 bits per heavy atom. The van der Waals surface area contributed by atoms with Gasteiger partial charge in [-0.3, -0.25) is 9.59 Å². The second-order valence-corrected chi connectivity index (χ2v) is 9.51. The van der Waals surface area contributed by atoms with Gasteiger partial charge in [0.25, 0.3) is 0 Å². The van der Waals surface area contributed by atoms with Crippen molar-refractivity contribution >= 4 is 11.8 Å². The lowest BCUT2D eigenvalue weighted by Crippen LogP contribution is -2.46. The van der Waals surface area contributed by atoms with Crippen molar-refractivity contribution in [2.75, 3.05) is 33.8 Å². The van der Waals surface area contributed by atoms with Crippen LogP contribution in [0.4, 0.5) is 17.6 Å². The van der Waals surface area contributed by atoms with E-state index in [2.05, 4.69) is 23.5 Å². The summed E-state index contributed by atoms with van der Waals surface area (Å²) in [5.41, 5.74) is 0.944. The Kier molecular flexibility index (Phi) is 16.2. The summed E-state index contributed by atoms with van der Waals surface area (Å²) in [4.78, 5) is 25.4. The van der Waals surface area contributed by atoms with Gasteiger partial charge in [-0.2, -0.15) is 13.2 Å². The average Bonchev–Trinajstić information content (AvgIpc) is 2.92. The molecule has 10 heteroatoms. The number of rotatable bonds is 14. The van der Waals surface area contributed by atoms with Crippen molar-refractivity contribution in [1.82, 2.24) is 15.5 Å². The molecule has 0 saturated carbocycles. The lowest BCUT2D eigenvalue weighted by molar-refractivity contribution is -0.138. The normalized spacial score (nSPS) is 11.5. The predicted molar refractivity (Wildman–Crippen MR) is 153 cm³/mol. The third-order valence-electron chi connectivity index (χ3n) is 6.06. The number of nitrogens with one attached hydrogen (secondary N) is 2. The van der Waals surface area contributed by atoms with E-state index in [0.29, 0.717) is 38.0 Å². The van der Waals surface area contributed by atoms with Gasteiger partial charge >= 0.3 is 6.18 Å². The molecule has 6 nitrogen and oxygen atoms in total. The van der Waals surface area contributed by atoms with Crippen LogP contribution >= 0.6 is 0 Å². The second kappa shape index (κ2) is 18.7. The lowest BCUT2D eigenvalue weighted by atomic mass is 10.1. The molecular formula is C31H41F4N3O3. The van der Waals surface area contributed by atoms with Crippen LogP contribution in [0.15, 0.2) is 42.5 Å². The summed E-state index contributed by atoms with van der Waals surface area (Å²) in [7, 11) is 3.08. The van der Waals surface area contributed by atoms with E-state index in [0.717, 1.165) is 36.7 Å². The Bertz CT molecular complexity index is 1110. The van der Waals surface area contributed by atoms with E-state index in [1.165, 1.54) is 36.2 Å². The number of nitrogens with zero attached hydrogens (tertiary/aromatic N) is 1. The Hall–Kier alpha value is -3.58. The number of unbranched alkanes of at least 4 members (excludes halogenated alkanes) is 1. The fourth-order valence-electron chi connectivity index (χ4n) is 3.83. The van der Waals surface area contributed by atoms with Crippen LogP contribution in [-0.4, -0.2) is 56.5 Å². The monoisotopic (exact) mass is 579 g/mol. The summed E-state index contributed by atoms with van der Waals surface area (Å²) in [6.07, 6.45) is 4.40. The molecule has 2 amide bonds. The second-order valence-electron chi connectivity index (χ2n) is 9.51. The molecule has 0 aliphatic rings. The van der Waals surface area contributed by atoms with E-state index in [-0.39, 0.29) is 24.1 Å². The number of aryl methyl sites for hydroxylation is 1.